The van der Waals surface area contributed by atoms with Gasteiger partial charge in [-0.1, -0.05) is 129 Å². The second kappa shape index (κ2) is 14.4. The highest BCUT2D eigenvalue weighted by Gasteiger charge is 2.35. The minimum atomic E-state index is -0.0580. The lowest BCUT2D eigenvalue weighted by atomic mass is 9.82. The van der Waals surface area contributed by atoms with E-state index >= 15 is 0 Å². The van der Waals surface area contributed by atoms with Crippen molar-refractivity contribution in [3.05, 3.63) is 191 Å². The summed E-state index contributed by atoms with van der Waals surface area (Å²) < 4.78 is 0. The summed E-state index contributed by atoms with van der Waals surface area (Å²) in [4.78, 5) is 23.7. The number of aliphatic imine (C=N–C) groups is 3. The Bertz CT molecular complexity index is 2560. The van der Waals surface area contributed by atoms with Gasteiger partial charge >= 0.3 is 0 Å². The molecule has 262 valence electrons. The van der Waals surface area contributed by atoms with E-state index in [9.17, 15) is 0 Å². The monoisotopic (exact) mass is 699 g/mol. The molecule has 0 saturated heterocycles. The molecule has 0 N–H and O–H groups in total. The molecule has 1 aliphatic rings. The van der Waals surface area contributed by atoms with E-state index in [-0.39, 0.29) is 5.41 Å². The molecule has 0 spiro atoms. The Balaban J connectivity index is 1.26. The second-order valence-corrected chi connectivity index (χ2v) is 14.3. The van der Waals surface area contributed by atoms with Gasteiger partial charge < -0.3 is 0 Å². The van der Waals surface area contributed by atoms with Gasteiger partial charge in [-0.05, 0) is 107 Å². The van der Waals surface area contributed by atoms with Gasteiger partial charge in [-0.15, -0.1) is 0 Å². The Morgan fingerprint density at radius 3 is 1.87 bits per heavy atom. The quantitative estimate of drug-likeness (QED) is 0.123. The van der Waals surface area contributed by atoms with Crippen LogP contribution in [0.1, 0.15) is 53.2 Å². The molecule has 1 aliphatic carbocycles. The first-order valence-corrected chi connectivity index (χ1v) is 18.3. The lowest BCUT2D eigenvalue weighted by molar-refractivity contribution is 0.660. The van der Waals surface area contributed by atoms with E-state index in [0.717, 1.165) is 61.7 Å². The molecule has 0 saturated carbocycles. The lowest BCUT2D eigenvalue weighted by Crippen LogP contribution is -2.14. The van der Waals surface area contributed by atoms with Crippen molar-refractivity contribution in [2.75, 3.05) is 0 Å². The van der Waals surface area contributed by atoms with E-state index < -0.39 is 0 Å². The van der Waals surface area contributed by atoms with E-state index in [0.29, 0.717) is 18.2 Å². The maximum absolute atomic E-state index is 5.16. The van der Waals surface area contributed by atoms with Gasteiger partial charge in [-0.2, -0.15) is 0 Å². The molecule has 7 aromatic rings. The first-order chi connectivity index (χ1) is 26.3. The van der Waals surface area contributed by atoms with Crippen LogP contribution < -0.4 is 0 Å². The Morgan fingerprint density at radius 1 is 0.556 bits per heavy atom. The summed E-state index contributed by atoms with van der Waals surface area (Å²) in [5.74, 6) is 1.89. The number of amidine groups is 2. The zero-order chi connectivity index (χ0) is 37.2. The molecule has 5 nitrogen and oxygen atoms in total. The van der Waals surface area contributed by atoms with E-state index in [4.69, 9.17) is 15.0 Å². The average Bonchev–Trinajstić information content (AvgIpc) is 3.43. The van der Waals surface area contributed by atoms with Gasteiger partial charge in [0.05, 0.1) is 12.2 Å². The fourth-order valence-electron chi connectivity index (χ4n) is 7.56. The van der Waals surface area contributed by atoms with Crippen LogP contribution in [0.2, 0.25) is 0 Å². The van der Waals surface area contributed by atoms with Crippen LogP contribution in [0.25, 0.3) is 44.6 Å². The number of benzene rings is 6. The van der Waals surface area contributed by atoms with E-state index in [1.807, 2.05) is 80.6 Å². The predicted molar refractivity (Wildman–Crippen MR) is 225 cm³/mol. The van der Waals surface area contributed by atoms with Crippen molar-refractivity contribution in [3.8, 4) is 44.6 Å². The van der Waals surface area contributed by atoms with Gasteiger partial charge in [0.25, 0.3) is 0 Å². The summed E-state index contributed by atoms with van der Waals surface area (Å²) in [6.45, 7) is 12.8. The number of aromatic nitrogens is 2. The standard InChI is InChI=1S/C49H41N5/c1-32-25-46(53-33(2)52-32)39-20-14-19-37(28-39)40-26-34(31-51-48(36-17-10-7-11-18-36)54-47(50-5)35-15-8-6-9-16-35)27-41(29-40)38-23-24-45-43(30-38)42-21-12-13-22-44(42)49(45,3)4/h6-30H,5,31H2,1-4H3. The van der Waals surface area contributed by atoms with Crippen LogP contribution in [0.4, 0.5) is 0 Å². The number of aryl methyl sites for hydroxylation is 2. The number of nitrogens with zero attached hydrogens (tertiary/aromatic N) is 5. The summed E-state index contributed by atoms with van der Waals surface area (Å²) in [7, 11) is 0. The van der Waals surface area contributed by atoms with Crippen molar-refractivity contribution in [2.24, 2.45) is 15.0 Å². The highest BCUT2D eigenvalue weighted by Crippen LogP contribution is 2.49. The number of rotatable bonds is 7. The molecule has 1 aromatic heterocycles. The highest BCUT2D eigenvalue weighted by molar-refractivity contribution is 6.12. The minimum Gasteiger partial charge on any atom is -0.261 e. The van der Waals surface area contributed by atoms with Gasteiger partial charge in [0, 0.05) is 27.8 Å². The van der Waals surface area contributed by atoms with Crippen LogP contribution in [-0.4, -0.2) is 28.4 Å². The summed E-state index contributed by atoms with van der Waals surface area (Å²) >= 11 is 0. The molecule has 0 bridgehead atoms. The van der Waals surface area contributed by atoms with Crippen LogP contribution in [-0.2, 0) is 12.0 Å². The van der Waals surface area contributed by atoms with Crippen molar-refractivity contribution in [2.45, 2.75) is 39.7 Å². The van der Waals surface area contributed by atoms with E-state index in [2.05, 4.69) is 115 Å². The molecule has 0 unspecified atom stereocenters. The van der Waals surface area contributed by atoms with Crippen molar-refractivity contribution in [1.29, 1.82) is 0 Å². The average molecular weight is 700 g/mol. The molecule has 0 aliphatic heterocycles. The number of hydrogen-bond donors (Lipinski definition) is 0. The number of fused-ring (bicyclic) bond motifs is 3. The molecule has 0 fully saturated rings. The molecular weight excluding hydrogens is 659 g/mol. The molecule has 1 heterocycles. The minimum absolute atomic E-state index is 0.0580. The Hall–Kier alpha value is -6.59. The zero-order valence-electron chi connectivity index (χ0n) is 31.1. The second-order valence-electron chi connectivity index (χ2n) is 14.3. The first-order valence-electron chi connectivity index (χ1n) is 18.3. The Kier molecular flexibility index (Phi) is 9.22. The van der Waals surface area contributed by atoms with Crippen LogP contribution in [0, 0.1) is 13.8 Å². The van der Waals surface area contributed by atoms with Crippen molar-refractivity contribution < 1.29 is 0 Å². The topological polar surface area (TPSA) is 62.9 Å². The van der Waals surface area contributed by atoms with Crippen LogP contribution in [0.5, 0.6) is 0 Å². The fraction of sp³-hybridized carbons (Fsp3) is 0.122. The third-order valence-corrected chi connectivity index (χ3v) is 10.2. The summed E-state index contributed by atoms with van der Waals surface area (Å²) in [6, 6.07) is 53.1. The summed E-state index contributed by atoms with van der Waals surface area (Å²) in [6.07, 6.45) is 0. The Morgan fingerprint density at radius 2 is 1.17 bits per heavy atom. The van der Waals surface area contributed by atoms with Crippen LogP contribution in [0.15, 0.2) is 167 Å². The summed E-state index contributed by atoms with van der Waals surface area (Å²) in [5.41, 5.74) is 15.5. The lowest BCUT2D eigenvalue weighted by Gasteiger charge is -2.21. The fourth-order valence-corrected chi connectivity index (χ4v) is 7.56. The van der Waals surface area contributed by atoms with Gasteiger partial charge in [0.1, 0.15) is 5.82 Å². The molecule has 5 heteroatoms. The van der Waals surface area contributed by atoms with Crippen molar-refractivity contribution in [1.82, 2.24) is 9.97 Å². The molecule has 0 amide bonds. The van der Waals surface area contributed by atoms with E-state index in [1.54, 1.807) is 0 Å². The van der Waals surface area contributed by atoms with Gasteiger partial charge in [0.2, 0.25) is 0 Å². The third kappa shape index (κ3) is 6.84. The van der Waals surface area contributed by atoms with Gasteiger partial charge in [-0.3, -0.25) is 4.99 Å². The Labute approximate surface area is 317 Å². The number of hydrogen-bond acceptors (Lipinski definition) is 3. The van der Waals surface area contributed by atoms with Crippen molar-refractivity contribution >= 4 is 18.4 Å². The molecule has 6 aromatic carbocycles. The molecule has 0 atom stereocenters. The smallest absolute Gasteiger partial charge is 0.161 e. The van der Waals surface area contributed by atoms with E-state index in [1.165, 1.54) is 22.3 Å². The van der Waals surface area contributed by atoms with Crippen LogP contribution >= 0.6 is 0 Å². The summed E-state index contributed by atoms with van der Waals surface area (Å²) in [5, 5.41) is 0. The SMILES string of the molecule is C=NC(=NC(=NCc1cc(-c2cccc(-c3cc(C)nc(C)n3)c2)cc(-c2ccc3c(c2)-c2ccccc2C3(C)C)c1)c1ccccc1)c1ccccc1. The maximum Gasteiger partial charge on any atom is 0.161 e. The molecular formula is C49H41N5. The largest absolute Gasteiger partial charge is 0.261 e. The van der Waals surface area contributed by atoms with Crippen LogP contribution in [0.3, 0.4) is 0 Å². The predicted octanol–water partition coefficient (Wildman–Crippen LogP) is 11.5. The molecule has 8 rings (SSSR count). The maximum atomic E-state index is 5.16. The third-order valence-electron chi connectivity index (χ3n) is 10.2. The normalized spacial score (nSPS) is 13.3. The zero-order valence-corrected chi connectivity index (χ0v) is 31.1. The van der Waals surface area contributed by atoms with Gasteiger partial charge in [-0.25, -0.2) is 20.0 Å². The first kappa shape index (κ1) is 34.5. The highest BCUT2D eigenvalue weighted by atomic mass is 15.0. The van der Waals surface area contributed by atoms with Gasteiger partial charge in [0.15, 0.2) is 11.7 Å². The molecule has 0 radical (unpaired) electrons. The van der Waals surface area contributed by atoms with Crippen molar-refractivity contribution in [3.63, 3.8) is 0 Å². The molecule has 54 heavy (non-hydrogen) atoms.